The number of nitrogens with zero attached hydrogens (tertiary/aromatic N) is 2. The van der Waals surface area contributed by atoms with Gasteiger partial charge in [-0.3, -0.25) is 4.79 Å². The Bertz CT molecular complexity index is 867. The van der Waals surface area contributed by atoms with Gasteiger partial charge < -0.3 is 4.42 Å². The van der Waals surface area contributed by atoms with Crippen LogP contribution in [0.1, 0.15) is 17.3 Å². The Morgan fingerprint density at radius 3 is 2.58 bits per heavy atom. The number of thioether (sulfide) groups is 1. The molecule has 0 saturated carbocycles. The van der Waals surface area contributed by atoms with Crippen molar-refractivity contribution in [2.24, 2.45) is 0 Å². The van der Waals surface area contributed by atoms with Crippen LogP contribution in [0.25, 0.3) is 11.5 Å². The van der Waals surface area contributed by atoms with Crippen LogP contribution in [0, 0.1) is 5.82 Å². The third-order valence-electron chi connectivity index (χ3n) is 3.29. The van der Waals surface area contributed by atoms with Gasteiger partial charge in [-0.2, -0.15) is 0 Å². The first-order valence-electron chi connectivity index (χ1n) is 7.09. The predicted octanol–water partition coefficient (Wildman–Crippen LogP) is 5.00. The lowest BCUT2D eigenvalue weighted by Crippen LogP contribution is -2.13. The summed E-state index contributed by atoms with van der Waals surface area (Å²) in [4.78, 5) is 12.4. The molecule has 0 bridgehead atoms. The first-order chi connectivity index (χ1) is 11.5. The molecule has 0 aliphatic carbocycles. The number of carbonyl (C=O) groups excluding carboxylic acids is 1. The van der Waals surface area contributed by atoms with Crippen molar-refractivity contribution in [3.63, 3.8) is 0 Å². The summed E-state index contributed by atoms with van der Waals surface area (Å²) in [7, 11) is 0. The van der Waals surface area contributed by atoms with Gasteiger partial charge in [0.05, 0.1) is 10.8 Å². The van der Waals surface area contributed by atoms with Crippen LogP contribution in [0.3, 0.4) is 0 Å². The van der Waals surface area contributed by atoms with Gasteiger partial charge in [-0.25, -0.2) is 4.39 Å². The fourth-order valence-electron chi connectivity index (χ4n) is 2.05. The smallest absolute Gasteiger partial charge is 0.277 e. The molecular formula is C17H12BrFN2O2S. The van der Waals surface area contributed by atoms with Crippen molar-refractivity contribution in [3.8, 4) is 11.5 Å². The maximum Gasteiger partial charge on any atom is 0.277 e. The average molecular weight is 407 g/mol. The maximum atomic E-state index is 13.7. The maximum absolute atomic E-state index is 13.7. The molecule has 7 heteroatoms. The van der Waals surface area contributed by atoms with E-state index in [-0.39, 0.29) is 22.5 Å². The number of halogens is 2. The SMILES string of the molecule is C[C@@H](Sc1nnc(-c2ccccc2F)o1)C(=O)c1ccc(Br)cc1. The third-order valence-corrected chi connectivity index (χ3v) is 4.75. The minimum absolute atomic E-state index is 0.0434. The van der Waals surface area contributed by atoms with Gasteiger partial charge in [0, 0.05) is 10.0 Å². The number of aromatic nitrogens is 2. The Labute approximate surface area is 150 Å². The molecule has 0 fully saturated rings. The summed E-state index contributed by atoms with van der Waals surface area (Å²) in [6, 6.07) is 13.3. The molecule has 3 rings (SSSR count). The summed E-state index contributed by atoms with van der Waals surface area (Å²) < 4.78 is 20.1. The molecule has 1 atom stereocenters. The van der Waals surface area contributed by atoms with Gasteiger partial charge in [-0.1, -0.05) is 52.0 Å². The molecule has 2 aromatic carbocycles. The molecule has 0 spiro atoms. The lowest BCUT2D eigenvalue weighted by atomic mass is 10.1. The van der Waals surface area contributed by atoms with Crippen LogP contribution in [-0.2, 0) is 0 Å². The van der Waals surface area contributed by atoms with Crippen LogP contribution in [-0.4, -0.2) is 21.2 Å². The Hall–Kier alpha value is -1.99. The molecule has 3 aromatic rings. The zero-order valence-electron chi connectivity index (χ0n) is 12.6. The molecule has 0 radical (unpaired) electrons. The van der Waals surface area contributed by atoms with Crippen molar-refractivity contribution in [3.05, 3.63) is 64.4 Å². The summed E-state index contributed by atoms with van der Waals surface area (Å²) in [5.41, 5.74) is 0.843. The van der Waals surface area contributed by atoms with Crippen LogP contribution in [0.2, 0.25) is 0 Å². The quantitative estimate of drug-likeness (QED) is 0.440. The van der Waals surface area contributed by atoms with E-state index in [1.54, 1.807) is 37.3 Å². The lowest BCUT2D eigenvalue weighted by Gasteiger charge is -2.07. The number of rotatable bonds is 5. The summed E-state index contributed by atoms with van der Waals surface area (Å²) in [6.45, 7) is 1.77. The van der Waals surface area contributed by atoms with Crippen molar-refractivity contribution >= 4 is 33.5 Å². The Morgan fingerprint density at radius 1 is 1.17 bits per heavy atom. The first kappa shape index (κ1) is 16.9. The molecular weight excluding hydrogens is 395 g/mol. The van der Waals surface area contributed by atoms with Gasteiger partial charge in [0.2, 0.25) is 0 Å². The number of hydrogen-bond donors (Lipinski definition) is 0. The largest absolute Gasteiger partial charge is 0.411 e. The van der Waals surface area contributed by atoms with Gasteiger partial charge in [-0.15, -0.1) is 10.2 Å². The predicted molar refractivity (Wildman–Crippen MR) is 93.5 cm³/mol. The second-order valence-electron chi connectivity index (χ2n) is 4.98. The van der Waals surface area contributed by atoms with Crippen molar-refractivity contribution in [1.29, 1.82) is 0 Å². The molecule has 0 N–H and O–H groups in total. The highest BCUT2D eigenvalue weighted by Gasteiger charge is 2.20. The second-order valence-corrected chi connectivity index (χ2v) is 7.19. The number of ketones is 1. The normalized spacial score (nSPS) is 12.1. The van der Waals surface area contributed by atoms with Crippen LogP contribution >= 0.6 is 27.7 Å². The Morgan fingerprint density at radius 2 is 1.88 bits per heavy atom. The highest BCUT2D eigenvalue weighted by atomic mass is 79.9. The molecule has 0 aliphatic rings. The van der Waals surface area contributed by atoms with E-state index in [1.165, 1.54) is 6.07 Å². The molecule has 4 nitrogen and oxygen atoms in total. The number of hydrogen-bond acceptors (Lipinski definition) is 5. The van der Waals surface area contributed by atoms with E-state index in [4.69, 9.17) is 4.42 Å². The van der Waals surface area contributed by atoms with E-state index in [0.717, 1.165) is 16.2 Å². The second kappa shape index (κ2) is 7.27. The highest BCUT2D eigenvalue weighted by Crippen LogP contribution is 2.28. The molecule has 122 valence electrons. The van der Waals surface area contributed by atoms with Crippen molar-refractivity contribution in [1.82, 2.24) is 10.2 Å². The highest BCUT2D eigenvalue weighted by molar-refractivity contribution is 9.10. The minimum Gasteiger partial charge on any atom is -0.411 e. The van der Waals surface area contributed by atoms with Gasteiger partial charge in [0.25, 0.3) is 11.1 Å². The van der Waals surface area contributed by atoms with Crippen LogP contribution in [0.4, 0.5) is 4.39 Å². The Kier molecular flexibility index (Phi) is 5.11. The third kappa shape index (κ3) is 3.73. The standard InChI is InChI=1S/C17H12BrFN2O2S/c1-10(15(22)11-6-8-12(18)9-7-11)24-17-21-20-16(23-17)13-4-2-3-5-14(13)19/h2-10H,1H3/t10-/m1/s1. The van der Waals surface area contributed by atoms with E-state index < -0.39 is 11.1 Å². The van der Waals surface area contributed by atoms with E-state index in [9.17, 15) is 9.18 Å². The van der Waals surface area contributed by atoms with Crippen LogP contribution < -0.4 is 0 Å². The van der Waals surface area contributed by atoms with Crippen LogP contribution in [0.15, 0.2) is 62.6 Å². The van der Waals surface area contributed by atoms with Crippen molar-refractivity contribution < 1.29 is 13.6 Å². The zero-order valence-corrected chi connectivity index (χ0v) is 15.0. The summed E-state index contributed by atoms with van der Waals surface area (Å²) >= 11 is 4.48. The molecule has 0 amide bonds. The topological polar surface area (TPSA) is 56.0 Å². The molecule has 1 heterocycles. The molecule has 0 saturated heterocycles. The fraction of sp³-hybridized carbons (Fsp3) is 0.118. The summed E-state index contributed by atoms with van der Waals surface area (Å²) in [5, 5.41) is 7.56. The molecule has 1 aromatic heterocycles. The molecule has 0 aliphatic heterocycles. The van der Waals surface area contributed by atoms with E-state index in [2.05, 4.69) is 26.1 Å². The van der Waals surface area contributed by atoms with E-state index in [0.29, 0.717) is 5.56 Å². The van der Waals surface area contributed by atoms with Gasteiger partial charge in [-0.05, 0) is 31.2 Å². The van der Waals surface area contributed by atoms with Crippen molar-refractivity contribution in [2.45, 2.75) is 17.4 Å². The monoisotopic (exact) mass is 406 g/mol. The summed E-state index contributed by atoms with van der Waals surface area (Å²) in [6.07, 6.45) is 0. The van der Waals surface area contributed by atoms with Gasteiger partial charge >= 0.3 is 0 Å². The zero-order chi connectivity index (χ0) is 17.1. The minimum atomic E-state index is -0.434. The van der Waals surface area contributed by atoms with Gasteiger partial charge in [0.15, 0.2) is 5.78 Å². The van der Waals surface area contributed by atoms with Crippen LogP contribution in [0.5, 0.6) is 0 Å². The van der Waals surface area contributed by atoms with Crippen molar-refractivity contribution in [2.75, 3.05) is 0 Å². The fourth-order valence-corrected chi connectivity index (χ4v) is 3.08. The number of Topliss-reactive ketones (excluding diaryl/α,β-unsaturated/α-hetero) is 1. The van der Waals surface area contributed by atoms with Gasteiger partial charge in [0.1, 0.15) is 5.82 Å². The number of benzene rings is 2. The average Bonchev–Trinajstić information content (AvgIpc) is 3.03. The van der Waals surface area contributed by atoms with E-state index >= 15 is 0 Å². The molecule has 24 heavy (non-hydrogen) atoms. The molecule has 0 unspecified atom stereocenters. The van der Waals surface area contributed by atoms with E-state index in [1.807, 2.05) is 12.1 Å². The summed E-state index contributed by atoms with van der Waals surface area (Å²) in [5.74, 6) is -0.381. The number of carbonyl (C=O) groups is 1. The lowest BCUT2D eigenvalue weighted by molar-refractivity contribution is 0.0993. The Balaban J connectivity index is 1.73. The first-order valence-corrected chi connectivity index (χ1v) is 8.76.